The van der Waals surface area contributed by atoms with Crippen LogP contribution in [0.4, 0.5) is 0 Å². The van der Waals surface area contributed by atoms with Crippen molar-refractivity contribution in [3.63, 3.8) is 0 Å². The van der Waals surface area contributed by atoms with E-state index < -0.39 is 0 Å². The first-order chi connectivity index (χ1) is 9.79. The van der Waals surface area contributed by atoms with Crippen molar-refractivity contribution in [2.75, 3.05) is 6.61 Å². The summed E-state index contributed by atoms with van der Waals surface area (Å²) >= 11 is 0. The molecule has 102 valence electrons. The van der Waals surface area contributed by atoms with Crippen LogP contribution in [0.15, 0.2) is 48.5 Å². The lowest BCUT2D eigenvalue weighted by Crippen LogP contribution is -2.01. The largest absolute Gasteiger partial charge is 0.493 e. The van der Waals surface area contributed by atoms with E-state index in [4.69, 9.17) is 4.74 Å². The molecule has 0 bridgehead atoms. The highest BCUT2D eigenvalue weighted by molar-refractivity contribution is 5.88. The summed E-state index contributed by atoms with van der Waals surface area (Å²) in [4.78, 5) is 0. The van der Waals surface area contributed by atoms with Gasteiger partial charge in [-0.1, -0.05) is 36.4 Å². The van der Waals surface area contributed by atoms with Crippen LogP contribution in [0.5, 0.6) is 5.75 Å². The van der Waals surface area contributed by atoms with Gasteiger partial charge in [0.1, 0.15) is 5.75 Å². The Morgan fingerprint density at radius 1 is 1.05 bits per heavy atom. The molecule has 3 aromatic rings. The first-order valence-corrected chi connectivity index (χ1v) is 6.92. The molecule has 0 aliphatic rings. The summed E-state index contributed by atoms with van der Waals surface area (Å²) in [5, 5.41) is 5.78. The summed E-state index contributed by atoms with van der Waals surface area (Å²) in [7, 11) is 0. The SMILES string of the molecule is CCOc1cccc2c1c(C)nn2Cc1ccccc1. The third-order valence-corrected chi connectivity index (χ3v) is 3.39. The Labute approximate surface area is 118 Å². The van der Waals surface area contributed by atoms with Gasteiger partial charge in [0, 0.05) is 0 Å². The minimum Gasteiger partial charge on any atom is -0.493 e. The molecule has 0 atom stereocenters. The average Bonchev–Trinajstić information content (AvgIpc) is 2.78. The monoisotopic (exact) mass is 266 g/mol. The van der Waals surface area contributed by atoms with E-state index in [-0.39, 0.29) is 0 Å². The zero-order valence-corrected chi connectivity index (χ0v) is 11.8. The van der Waals surface area contributed by atoms with E-state index in [1.54, 1.807) is 0 Å². The molecule has 20 heavy (non-hydrogen) atoms. The van der Waals surface area contributed by atoms with Crippen molar-refractivity contribution >= 4 is 10.9 Å². The van der Waals surface area contributed by atoms with Crippen molar-refractivity contribution in [3.05, 3.63) is 59.8 Å². The highest BCUT2D eigenvalue weighted by Gasteiger charge is 2.12. The summed E-state index contributed by atoms with van der Waals surface area (Å²) in [5.41, 5.74) is 3.39. The molecule has 1 heterocycles. The number of fused-ring (bicyclic) bond motifs is 1. The van der Waals surface area contributed by atoms with Gasteiger partial charge in [0.25, 0.3) is 0 Å². The molecule has 2 aromatic carbocycles. The number of hydrogen-bond donors (Lipinski definition) is 0. The molecule has 0 N–H and O–H groups in total. The van der Waals surface area contributed by atoms with Crippen molar-refractivity contribution in [2.24, 2.45) is 0 Å². The van der Waals surface area contributed by atoms with Crippen LogP contribution in [0.3, 0.4) is 0 Å². The number of aromatic nitrogens is 2. The molecule has 3 rings (SSSR count). The first kappa shape index (κ1) is 12.7. The molecule has 0 amide bonds. The van der Waals surface area contributed by atoms with Crippen LogP contribution in [0.1, 0.15) is 18.2 Å². The lowest BCUT2D eigenvalue weighted by Gasteiger charge is -2.06. The number of rotatable bonds is 4. The van der Waals surface area contributed by atoms with Crippen LogP contribution >= 0.6 is 0 Å². The Morgan fingerprint density at radius 3 is 2.60 bits per heavy atom. The van der Waals surface area contributed by atoms with Gasteiger partial charge >= 0.3 is 0 Å². The standard InChI is InChI=1S/C17H18N2O/c1-3-20-16-11-7-10-15-17(16)13(2)18-19(15)12-14-8-5-4-6-9-14/h4-11H,3,12H2,1-2H3. The van der Waals surface area contributed by atoms with E-state index >= 15 is 0 Å². The van der Waals surface area contributed by atoms with Gasteiger partial charge in [-0.15, -0.1) is 0 Å². The van der Waals surface area contributed by atoms with Gasteiger partial charge in [-0.2, -0.15) is 5.10 Å². The van der Waals surface area contributed by atoms with Crippen LogP contribution in [0.2, 0.25) is 0 Å². The smallest absolute Gasteiger partial charge is 0.130 e. The fourth-order valence-corrected chi connectivity index (χ4v) is 2.54. The fraction of sp³-hybridized carbons (Fsp3) is 0.235. The van der Waals surface area contributed by atoms with E-state index in [2.05, 4.69) is 35.4 Å². The van der Waals surface area contributed by atoms with Gasteiger partial charge in [-0.25, -0.2) is 0 Å². The second kappa shape index (κ2) is 5.37. The van der Waals surface area contributed by atoms with E-state index in [0.29, 0.717) is 6.61 Å². The summed E-state index contributed by atoms with van der Waals surface area (Å²) < 4.78 is 7.75. The van der Waals surface area contributed by atoms with Gasteiger partial charge in [-0.3, -0.25) is 4.68 Å². The number of benzene rings is 2. The molecule has 1 aromatic heterocycles. The molecule has 0 fully saturated rings. The van der Waals surface area contributed by atoms with E-state index in [1.165, 1.54) is 5.56 Å². The maximum absolute atomic E-state index is 5.71. The first-order valence-electron chi connectivity index (χ1n) is 6.92. The van der Waals surface area contributed by atoms with Gasteiger partial charge in [0.15, 0.2) is 0 Å². The van der Waals surface area contributed by atoms with Crippen molar-refractivity contribution in [1.29, 1.82) is 0 Å². The molecule has 0 aliphatic carbocycles. The van der Waals surface area contributed by atoms with E-state index in [0.717, 1.165) is 28.9 Å². The van der Waals surface area contributed by atoms with Crippen molar-refractivity contribution in [1.82, 2.24) is 9.78 Å². The average molecular weight is 266 g/mol. The molecule has 3 heteroatoms. The summed E-state index contributed by atoms with van der Waals surface area (Å²) in [6, 6.07) is 16.5. The predicted octanol–water partition coefficient (Wildman–Crippen LogP) is 3.79. The number of hydrogen-bond acceptors (Lipinski definition) is 2. The van der Waals surface area contributed by atoms with Gasteiger partial charge in [0.2, 0.25) is 0 Å². The number of ether oxygens (including phenoxy) is 1. The van der Waals surface area contributed by atoms with E-state index in [9.17, 15) is 0 Å². The molecular formula is C17H18N2O. The Hall–Kier alpha value is -2.29. The third kappa shape index (κ3) is 2.27. The highest BCUT2D eigenvalue weighted by atomic mass is 16.5. The molecule has 0 radical (unpaired) electrons. The van der Waals surface area contributed by atoms with Gasteiger partial charge in [0.05, 0.1) is 29.7 Å². The Morgan fingerprint density at radius 2 is 1.85 bits per heavy atom. The zero-order chi connectivity index (χ0) is 13.9. The minimum absolute atomic E-state index is 0.669. The zero-order valence-electron chi connectivity index (χ0n) is 11.8. The number of nitrogens with zero attached hydrogens (tertiary/aromatic N) is 2. The summed E-state index contributed by atoms with van der Waals surface area (Å²) in [5.74, 6) is 0.918. The molecule has 0 saturated carbocycles. The maximum atomic E-state index is 5.71. The maximum Gasteiger partial charge on any atom is 0.130 e. The predicted molar refractivity (Wildman–Crippen MR) is 81.2 cm³/mol. The normalized spacial score (nSPS) is 10.9. The lowest BCUT2D eigenvalue weighted by atomic mass is 10.2. The molecule has 0 aliphatic heterocycles. The van der Waals surface area contributed by atoms with E-state index in [1.807, 2.05) is 36.7 Å². The van der Waals surface area contributed by atoms with Crippen molar-refractivity contribution in [3.8, 4) is 5.75 Å². The Balaban J connectivity index is 2.07. The van der Waals surface area contributed by atoms with Crippen LogP contribution in [0, 0.1) is 6.92 Å². The molecule has 0 spiro atoms. The van der Waals surface area contributed by atoms with Gasteiger partial charge < -0.3 is 4.74 Å². The van der Waals surface area contributed by atoms with Crippen molar-refractivity contribution in [2.45, 2.75) is 20.4 Å². The number of aryl methyl sites for hydroxylation is 1. The second-order valence-electron chi connectivity index (χ2n) is 4.81. The topological polar surface area (TPSA) is 27.1 Å². The highest BCUT2D eigenvalue weighted by Crippen LogP contribution is 2.29. The summed E-state index contributed by atoms with van der Waals surface area (Å²) in [6.07, 6.45) is 0. The van der Waals surface area contributed by atoms with Crippen LogP contribution < -0.4 is 4.74 Å². The van der Waals surface area contributed by atoms with Crippen molar-refractivity contribution < 1.29 is 4.74 Å². The molecule has 3 nitrogen and oxygen atoms in total. The third-order valence-electron chi connectivity index (χ3n) is 3.39. The molecule has 0 unspecified atom stereocenters. The minimum atomic E-state index is 0.669. The Bertz CT molecular complexity index is 716. The van der Waals surface area contributed by atoms with Crippen LogP contribution in [0.25, 0.3) is 10.9 Å². The van der Waals surface area contributed by atoms with Crippen LogP contribution in [-0.4, -0.2) is 16.4 Å². The quantitative estimate of drug-likeness (QED) is 0.718. The molecule has 0 saturated heterocycles. The second-order valence-corrected chi connectivity index (χ2v) is 4.81. The van der Waals surface area contributed by atoms with Gasteiger partial charge in [-0.05, 0) is 31.5 Å². The summed E-state index contributed by atoms with van der Waals surface area (Å²) in [6.45, 7) is 5.48. The Kier molecular flexibility index (Phi) is 3.42. The fourth-order valence-electron chi connectivity index (χ4n) is 2.54. The lowest BCUT2D eigenvalue weighted by molar-refractivity contribution is 0.344. The molecular weight excluding hydrogens is 248 g/mol. The van der Waals surface area contributed by atoms with Crippen LogP contribution in [-0.2, 0) is 6.54 Å².